The molecule has 1 spiro atoms. The maximum atomic E-state index is 13.3. The molecule has 2 aromatic rings. The Balaban J connectivity index is 1.57. The van der Waals surface area contributed by atoms with Gasteiger partial charge in [-0.15, -0.1) is 23.5 Å². The maximum Gasteiger partial charge on any atom is 0.123 e. The van der Waals surface area contributed by atoms with Gasteiger partial charge < -0.3 is 0 Å². The second-order valence-corrected chi connectivity index (χ2v) is 11.6. The van der Waals surface area contributed by atoms with Crippen LogP contribution < -0.4 is 0 Å². The highest BCUT2D eigenvalue weighted by molar-refractivity contribution is 8.22. The summed E-state index contributed by atoms with van der Waals surface area (Å²) in [4.78, 5) is 0. The summed E-state index contributed by atoms with van der Waals surface area (Å²) in [5.41, 5.74) is 5.18. The Morgan fingerprint density at radius 1 is 1.15 bits per heavy atom. The molecule has 0 N–H and O–H groups in total. The van der Waals surface area contributed by atoms with Crippen LogP contribution in [0.15, 0.2) is 36.0 Å². The molecule has 1 aromatic carbocycles. The maximum absolute atomic E-state index is 13.3. The van der Waals surface area contributed by atoms with Gasteiger partial charge in [-0.25, -0.2) is 9.07 Å². The smallest absolute Gasteiger partial charge is 0.123 e. The first-order valence-corrected chi connectivity index (χ1v) is 11.1. The van der Waals surface area contributed by atoms with E-state index in [-0.39, 0.29) is 11.2 Å². The number of benzene rings is 1. The van der Waals surface area contributed by atoms with Gasteiger partial charge in [0.1, 0.15) is 5.82 Å². The Morgan fingerprint density at radius 3 is 2.54 bits per heavy atom. The molecule has 1 aliphatic heterocycles. The second-order valence-electron chi connectivity index (χ2n) is 8.02. The quantitative estimate of drug-likeness (QED) is 0.626. The summed E-state index contributed by atoms with van der Waals surface area (Å²) in [6.07, 6.45) is 7.87. The molecular weight excluding hydrogens is 363 g/mol. The lowest BCUT2D eigenvalue weighted by atomic mass is 9.74. The summed E-state index contributed by atoms with van der Waals surface area (Å²) >= 11 is 4.40. The molecule has 1 saturated carbocycles. The molecule has 136 valence electrons. The molecule has 0 radical (unpaired) electrons. The average Bonchev–Trinajstić information content (AvgIpc) is 3.22. The van der Waals surface area contributed by atoms with Gasteiger partial charge in [0.15, 0.2) is 0 Å². The van der Waals surface area contributed by atoms with Gasteiger partial charge in [0.05, 0.1) is 21.7 Å². The van der Waals surface area contributed by atoms with Crippen molar-refractivity contribution in [3.05, 3.63) is 53.1 Å². The first kappa shape index (κ1) is 16.9. The van der Waals surface area contributed by atoms with E-state index >= 15 is 0 Å². The normalized spacial score (nSPS) is 35.5. The predicted octanol–water partition coefficient (Wildman–Crippen LogP) is 5.70. The van der Waals surface area contributed by atoms with Crippen molar-refractivity contribution in [2.75, 3.05) is 0 Å². The fourth-order valence-corrected chi connectivity index (χ4v) is 9.21. The fourth-order valence-electron chi connectivity index (χ4n) is 4.79. The average molecular weight is 387 g/mol. The van der Waals surface area contributed by atoms with Crippen LogP contribution in [0.5, 0.6) is 0 Å². The predicted molar refractivity (Wildman–Crippen MR) is 109 cm³/mol. The third kappa shape index (κ3) is 2.22. The number of allylic oxidation sites excluding steroid dienone is 1. The lowest BCUT2D eigenvalue weighted by Crippen LogP contribution is -2.38. The molecule has 4 atom stereocenters. The molecule has 2 aliphatic carbocycles. The van der Waals surface area contributed by atoms with Crippen molar-refractivity contribution in [1.82, 2.24) is 9.78 Å². The zero-order chi connectivity index (χ0) is 18.1. The van der Waals surface area contributed by atoms with Crippen LogP contribution >= 0.6 is 23.5 Å². The van der Waals surface area contributed by atoms with Crippen molar-refractivity contribution < 1.29 is 4.39 Å². The number of thioether (sulfide) groups is 2. The van der Waals surface area contributed by atoms with Crippen LogP contribution in [0.25, 0.3) is 11.8 Å². The van der Waals surface area contributed by atoms with Crippen LogP contribution in [0.1, 0.15) is 44.9 Å². The van der Waals surface area contributed by atoms with Gasteiger partial charge in [0.2, 0.25) is 0 Å². The minimum absolute atomic E-state index is 0.199. The Morgan fingerprint density at radius 2 is 1.85 bits per heavy atom. The van der Waals surface area contributed by atoms with Gasteiger partial charge in [-0.2, -0.15) is 5.10 Å². The van der Waals surface area contributed by atoms with Crippen LogP contribution in [0, 0.1) is 11.2 Å². The van der Waals surface area contributed by atoms with E-state index in [0.29, 0.717) is 14.6 Å². The Bertz CT molecular complexity index is 891. The van der Waals surface area contributed by atoms with E-state index in [1.165, 1.54) is 36.2 Å². The topological polar surface area (TPSA) is 17.8 Å². The Hall–Kier alpha value is -1.20. The molecule has 5 rings (SSSR count). The summed E-state index contributed by atoms with van der Waals surface area (Å²) < 4.78 is 15.5. The van der Waals surface area contributed by atoms with Gasteiger partial charge in [0, 0.05) is 15.9 Å². The third-order valence-electron chi connectivity index (χ3n) is 6.50. The van der Waals surface area contributed by atoms with E-state index in [9.17, 15) is 4.39 Å². The molecule has 0 amide bonds. The summed E-state index contributed by atoms with van der Waals surface area (Å²) in [7, 11) is 0. The van der Waals surface area contributed by atoms with E-state index in [1.54, 1.807) is 17.7 Å². The van der Waals surface area contributed by atoms with E-state index in [2.05, 4.69) is 55.5 Å². The molecule has 0 bridgehead atoms. The molecule has 1 saturated heterocycles. The lowest BCUT2D eigenvalue weighted by Gasteiger charge is -2.42. The fraction of sp³-hybridized carbons (Fsp3) is 0.476. The molecular formula is C21H23FN2S2. The number of hydrogen-bond donors (Lipinski definition) is 0. The highest BCUT2D eigenvalue weighted by Gasteiger charge is 2.60. The minimum Gasteiger partial charge on any atom is -0.233 e. The van der Waals surface area contributed by atoms with Crippen LogP contribution in [-0.4, -0.2) is 24.4 Å². The number of rotatable bonds is 1. The lowest BCUT2D eigenvalue weighted by molar-refractivity contribution is 0.394. The van der Waals surface area contributed by atoms with Gasteiger partial charge in [-0.3, -0.25) is 0 Å². The second kappa shape index (κ2) is 5.65. The largest absolute Gasteiger partial charge is 0.233 e. The van der Waals surface area contributed by atoms with Crippen LogP contribution in [0.4, 0.5) is 4.39 Å². The van der Waals surface area contributed by atoms with Crippen molar-refractivity contribution in [2.45, 2.75) is 54.6 Å². The molecule has 2 nitrogen and oxygen atoms in total. The molecule has 1 unspecified atom stereocenters. The van der Waals surface area contributed by atoms with Gasteiger partial charge >= 0.3 is 0 Å². The summed E-state index contributed by atoms with van der Waals surface area (Å²) in [6, 6.07) is 6.61. The molecule has 2 fully saturated rings. The highest BCUT2D eigenvalue weighted by atomic mass is 32.2. The Kier molecular flexibility index (Phi) is 3.68. The van der Waals surface area contributed by atoms with E-state index in [4.69, 9.17) is 0 Å². The van der Waals surface area contributed by atoms with Crippen molar-refractivity contribution >= 4 is 29.6 Å². The van der Waals surface area contributed by atoms with Crippen LogP contribution in [-0.2, 0) is 6.42 Å². The molecule has 3 aliphatic rings. The SMILES string of the molecule is C[C@@H]1SC2(CCC3=Cc4c(cnn4-c4ccc(F)cc4)C[C@@]32C)S[C@@H]1C. The number of fused-ring (bicyclic) bond motifs is 3. The van der Waals surface area contributed by atoms with Crippen molar-refractivity contribution in [3.63, 3.8) is 0 Å². The molecule has 5 heteroatoms. The summed E-state index contributed by atoms with van der Waals surface area (Å²) in [6.45, 7) is 7.22. The van der Waals surface area contributed by atoms with Crippen molar-refractivity contribution in [1.29, 1.82) is 0 Å². The first-order valence-electron chi connectivity index (χ1n) is 9.31. The van der Waals surface area contributed by atoms with Crippen molar-refractivity contribution in [3.8, 4) is 5.69 Å². The number of aromatic nitrogens is 2. The summed E-state index contributed by atoms with van der Waals surface area (Å²) in [5.74, 6) is -0.211. The number of nitrogens with zero attached hydrogens (tertiary/aromatic N) is 2. The molecule has 26 heavy (non-hydrogen) atoms. The molecule has 2 heterocycles. The monoisotopic (exact) mass is 386 g/mol. The van der Waals surface area contributed by atoms with Crippen LogP contribution in [0.3, 0.4) is 0 Å². The number of hydrogen-bond acceptors (Lipinski definition) is 3. The van der Waals surface area contributed by atoms with E-state index in [1.807, 2.05) is 10.9 Å². The highest BCUT2D eigenvalue weighted by Crippen LogP contribution is 2.70. The standard InChI is InChI=1S/C21H23FN2S2/c1-13-14(2)26-21(25-13)9-8-16-10-19-15(11-20(16,21)3)12-23-24(19)18-6-4-17(22)5-7-18/h4-7,10,12-14H,8-9,11H2,1-3H3/t13-,14+,20-,21?/m0/s1. The summed E-state index contributed by atoms with van der Waals surface area (Å²) in [5, 5.41) is 6.05. The van der Waals surface area contributed by atoms with E-state index < -0.39 is 0 Å². The number of halogens is 1. The zero-order valence-corrected chi connectivity index (χ0v) is 17.0. The van der Waals surface area contributed by atoms with Gasteiger partial charge in [-0.05, 0) is 55.2 Å². The minimum atomic E-state index is -0.211. The van der Waals surface area contributed by atoms with Gasteiger partial charge in [0.25, 0.3) is 0 Å². The van der Waals surface area contributed by atoms with Crippen molar-refractivity contribution in [2.24, 2.45) is 5.41 Å². The first-order chi connectivity index (χ1) is 12.4. The Labute approximate surface area is 162 Å². The van der Waals surface area contributed by atoms with Crippen LogP contribution in [0.2, 0.25) is 0 Å². The zero-order valence-electron chi connectivity index (χ0n) is 15.3. The van der Waals surface area contributed by atoms with E-state index in [0.717, 1.165) is 12.1 Å². The third-order valence-corrected chi connectivity index (χ3v) is 10.9. The van der Waals surface area contributed by atoms with Gasteiger partial charge in [-0.1, -0.05) is 26.3 Å². The molecule has 1 aromatic heterocycles.